The molecule has 14 aliphatic rings. The molecule has 0 aromatic heterocycles. The molecule has 14 rings (SSSR count). The number of aliphatic hydroxyl groups is 2. The summed E-state index contributed by atoms with van der Waals surface area (Å²) in [5, 5.41) is 18.7. The molecule has 24 nitrogen and oxygen atoms in total. The van der Waals surface area contributed by atoms with Crippen molar-refractivity contribution in [2.45, 2.75) is 363 Å². The van der Waals surface area contributed by atoms with Gasteiger partial charge < -0.3 is 97.1 Å². The van der Waals surface area contributed by atoms with Crippen LogP contribution in [0.3, 0.4) is 0 Å². The van der Waals surface area contributed by atoms with Crippen LogP contribution in [0.4, 0.5) is 0 Å². The van der Waals surface area contributed by atoms with Crippen molar-refractivity contribution < 1.29 is 48.1 Å². The second-order valence-electron chi connectivity index (χ2n) is 49.3. The summed E-state index contributed by atoms with van der Waals surface area (Å²) in [5.74, 6) is 11.3. The molecule has 141 heavy (non-hydrogen) atoms. The number of piperidine rings is 6. The number of ether oxygens (including phenoxy) is 8. The number of likely N-dealkylation sites (tertiary alicyclic amines) is 12. The Morgan fingerprint density at radius 2 is 0.525 bits per heavy atom. The van der Waals surface area contributed by atoms with Gasteiger partial charge in [0.15, 0.2) is 0 Å². The summed E-state index contributed by atoms with van der Waals surface area (Å²) >= 11 is 0. The first-order valence-electron chi connectivity index (χ1n) is 58.8. The molecule has 12 aliphatic heterocycles. The van der Waals surface area contributed by atoms with Gasteiger partial charge in [-0.3, -0.25) is 19.6 Å². The van der Waals surface area contributed by atoms with Crippen LogP contribution in [0.1, 0.15) is 290 Å². The smallest absolute Gasteiger partial charge is 0.0832 e. The molecule has 2 saturated carbocycles. The van der Waals surface area contributed by atoms with Crippen molar-refractivity contribution in [2.75, 3.05) is 318 Å². The molecule has 12 saturated heterocycles. The van der Waals surface area contributed by atoms with Crippen LogP contribution in [0.15, 0.2) is 0 Å². The molecule has 2 N–H and O–H groups in total. The van der Waals surface area contributed by atoms with Gasteiger partial charge in [0.05, 0.1) is 74.3 Å². The summed E-state index contributed by atoms with van der Waals surface area (Å²) in [5.41, 5.74) is 0. The van der Waals surface area contributed by atoms with Crippen LogP contribution in [-0.2, 0) is 37.9 Å². The van der Waals surface area contributed by atoms with Crippen LogP contribution < -0.4 is 0 Å². The molecule has 0 bridgehead atoms. The highest BCUT2D eigenvalue weighted by atomic mass is 16.5. The molecule has 0 unspecified atom stereocenters. The third kappa shape index (κ3) is 61.5. The maximum atomic E-state index is 9.36. The molecule has 0 aromatic carbocycles. The zero-order valence-corrected chi connectivity index (χ0v) is 98.4. The molecule has 12 heterocycles. The van der Waals surface area contributed by atoms with Crippen molar-refractivity contribution in [1.29, 1.82) is 0 Å². The fourth-order valence-electron chi connectivity index (χ4n) is 22.4. The Bertz CT molecular complexity index is 2720. The topological polar surface area (TPSA) is 160 Å². The predicted molar refractivity (Wildman–Crippen MR) is 601 cm³/mol. The Balaban J connectivity index is 0.000000404. The minimum absolute atomic E-state index is 0. The van der Waals surface area contributed by atoms with Crippen LogP contribution in [0.2, 0.25) is 0 Å². The van der Waals surface area contributed by atoms with E-state index in [1.165, 1.54) is 267 Å². The lowest BCUT2D eigenvalue weighted by Gasteiger charge is -2.43. The van der Waals surface area contributed by atoms with Gasteiger partial charge in [0.2, 0.25) is 0 Å². The van der Waals surface area contributed by atoms with Gasteiger partial charge in [0, 0.05) is 275 Å². The minimum atomic E-state index is -0.0228. The Hall–Kier alpha value is -0.960. The monoisotopic (exact) mass is 2010 g/mol. The lowest BCUT2D eigenvalue weighted by molar-refractivity contribution is -0.109. The lowest BCUT2D eigenvalue weighted by atomic mass is 9.87. The van der Waals surface area contributed by atoms with Crippen LogP contribution in [0, 0.1) is 82.9 Å². The second-order valence-corrected chi connectivity index (χ2v) is 49.3. The summed E-state index contributed by atoms with van der Waals surface area (Å²) in [4.78, 5) is 35.1. The number of hydrogen-bond donors (Lipinski definition) is 2. The van der Waals surface area contributed by atoms with Gasteiger partial charge in [0.25, 0.3) is 0 Å². The zero-order valence-electron chi connectivity index (χ0n) is 98.4. The second kappa shape index (κ2) is 77.4. The first-order valence-corrected chi connectivity index (χ1v) is 58.8. The summed E-state index contributed by atoms with van der Waals surface area (Å²) < 4.78 is 44.3. The Labute approximate surface area is 875 Å². The van der Waals surface area contributed by atoms with Gasteiger partial charge in [-0.2, -0.15) is 0 Å². The van der Waals surface area contributed by atoms with Gasteiger partial charge in [-0.25, -0.2) is 0 Å². The van der Waals surface area contributed by atoms with Gasteiger partial charge in [0.1, 0.15) is 0 Å². The minimum Gasteiger partial charge on any atom is -0.393 e. The van der Waals surface area contributed by atoms with E-state index in [2.05, 4.69) is 256 Å². The summed E-state index contributed by atoms with van der Waals surface area (Å²) in [6, 6.07) is 1.29. The van der Waals surface area contributed by atoms with Crippen LogP contribution in [0.5, 0.6) is 0 Å². The molecular weight excluding hydrogens is 1760 g/mol. The first-order chi connectivity index (χ1) is 66.7. The molecule has 0 radical (unpaired) electrons. The maximum Gasteiger partial charge on any atom is 0.0832 e. The van der Waals surface area contributed by atoms with E-state index in [4.69, 9.17) is 37.9 Å². The molecule has 0 spiro atoms. The van der Waals surface area contributed by atoms with E-state index in [0.29, 0.717) is 60.9 Å². The summed E-state index contributed by atoms with van der Waals surface area (Å²) in [6.45, 7) is 108. The van der Waals surface area contributed by atoms with Crippen molar-refractivity contribution in [1.82, 2.24) is 68.6 Å². The van der Waals surface area contributed by atoms with Crippen molar-refractivity contribution in [3.8, 4) is 0 Å². The van der Waals surface area contributed by atoms with Crippen LogP contribution in [0.25, 0.3) is 0 Å². The van der Waals surface area contributed by atoms with E-state index >= 15 is 0 Å². The number of methoxy groups -OCH3 is 3. The third-order valence-corrected chi connectivity index (χ3v) is 29.8. The number of rotatable bonds is 42. The van der Waals surface area contributed by atoms with Crippen LogP contribution in [-0.4, -0.2) is 470 Å². The van der Waals surface area contributed by atoms with Crippen molar-refractivity contribution in [2.24, 2.45) is 82.9 Å². The van der Waals surface area contributed by atoms with Gasteiger partial charge in [-0.05, 0) is 248 Å². The zero-order chi connectivity index (χ0) is 104. The SMILES string of the molecule is C.CC.CC(C)CN1CC(OC2CCN(C)CC2)C1.CC(C)CN1CCC(CN(C)C2CC(O)C2)CC1.CC(C)CN1CCC(CN(C)C2CC(O)C2)CC1.CCN1CCC(OC2CN(CC(C)C)C2)CC1.CCOC1CCN(CC(C)C)CC1.CCOC1CN(CC(C)C)C1.CCOCC1CN(CC(C)C)C1.COC1CCN(CC(C)C)CC1.COC1CN(CC(C)C)C1.COCC1CN(CC(C)C)C1. The predicted octanol–water partition coefficient (Wildman–Crippen LogP) is 17.6. The van der Waals surface area contributed by atoms with Crippen molar-refractivity contribution in [3.05, 3.63) is 0 Å². The van der Waals surface area contributed by atoms with Gasteiger partial charge in [-0.1, -0.05) is 167 Å². The molecular formula is C117H244N14O10. The molecule has 842 valence electrons. The summed E-state index contributed by atoms with van der Waals surface area (Å²) in [6.07, 6.45) is 23.3. The Morgan fingerprint density at radius 1 is 0.277 bits per heavy atom. The fraction of sp³-hybridized carbons (Fsp3) is 1.00. The molecule has 0 aromatic rings. The van der Waals surface area contributed by atoms with E-state index in [9.17, 15) is 10.2 Å². The first kappa shape index (κ1) is 134. The van der Waals surface area contributed by atoms with Crippen molar-refractivity contribution >= 4 is 0 Å². The number of aliphatic hydroxyl groups excluding tert-OH is 2. The molecule has 2 aliphatic carbocycles. The summed E-state index contributed by atoms with van der Waals surface area (Å²) in [7, 11) is 12.1. The maximum absolute atomic E-state index is 9.36. The Morgan fingerprint density at radius 3 is 0.801 bits per heavy atom. The van der Waals surface area contributed by atoms with Gasteiger partial charge >= 0.3 is 0 Å². The molecule has 0 atom stereocenters. The molecule has 24 heteroatoms. The van der Waals surface area contributed by atoms with Crippen molar-refractivity contribution in [3.63, 3.8) is 0 Å². The molecule has 0 amide bonds. The normalized spacial score (nSPS) is 24.3. The quantitative estimate of drug-likeness (QED) is 0.0594. The average Bonchev–Trinajstić information content (AvgIpc) is 0.839. The lowest BCUT2D eigenvalue weighted by Crippen LogP contribution is -2.55. The third-order valence-electron chi connectivity index (χ3n) is 29.8. The van der Waals surface area contributed by atoms with E-state index in [1.807, 2.05) is 21.0 Å². The standard InChI is InChI=1S/2C15H30N2O.C14H28N2O.C13H26N2O.C11H23NO.2C10H21NO.2C9H19NO.C8H17NO.C2H6.CH4/c2*1-12(2)10-17-6-4-13(5-7-17)11-16(3)14-8-15(18)9-14;1-4-15-7-5-13(6-8-15)17-14-10-16(11-14)9-12(2)3;1-11(2)8-15-9-13(10-15)16-12-4-6-14(3)7-5-12;1-4-13-11-5-7-12(8-6-11)9-10(2)3;1-9(2)8-11-6-4-10(12-3)5-7-11;1-4-12-8-10-6-11(7-10)5-9(2)3;1-8(2)4-10-5-9(6-10)7-11-3;1-4-11-9-6-10(7-9)5-8(2)3;1-7(2)4-9-5-8(6-9)10-3;1-2;/h2*12-15,18H,4-11H2,1-3H3;12-14H,4-11H2,1-3H3;11-13H,4-10H2,1-3H3;10-11H,4-9H2,1-3H3;2*9-10H,4-8H2,1-3H3;2*8-9H,4-7H2,1-3H3;7-8H,4-6H2,1-3H3;1-2H3;1H4. The number of hydrogen-bond acceptors (Lipinski definition) is 24. The average molecular weight is 2010 g/mol. The van der Waals surface area contributed by atoms with Crippen LogP contribution >= 0.6 is 0 Å². The molecule has 14 fully saturated rings. The van der Waals surface area contributed by atoms with Gasteiger partial charge in [-0.15, -0.1) is 0 Å². The highest BCUT2D eigenvalue weighted by Crippen LogP contribution is 2.32. The fourth-order valence-corrected chi connectivity index (χ4v) is 22.4. The Kier molecular flexibility index (Phi) is 73.6. The van der Waals surface area contributed by atoms with E-state index < -0.39 is 0 Å². The van der Waals surface area contributed by atoms with E-state index in [-0.39, 0.29) is 19.6 Å². The highest BCUT2D eigenvalue weighted by molar-refractivity contribution is 4.92. The number of nitrogens with zero attached hydrogens (tertiary/aromatic N) is 14. The van der Waals surface area contributed by atoms with E-state index in [0.717, 1.165) is 194 Å². The highest BCUT2D eigenvalue weighted by Gasteiger charge is 2.38. The van der Waals surface area contributed by atoms with E-state index in [1.54, 1.807) is 14.2 Å². The largest absolute Gasteiger partial charge is 0.393 e.